The smallest absolute Gasteiger partial charge is 0.142 e. The summed E-state index contributed by atoms with van der Waals surface area (Å²) >= 11 is 0. The second kappa shape index (κ2) is 5.45. The molecule has 0 aliphatic carbocycles. The molecule has 1 aliphatic rings. The first kappa shape index (κ1) is 12.8. The van der Waals surface area contributed by atoms with E-state index < -0.39 is 0 Å². The summed E-state index contributed by atoms with van der Waals surface area (Å²) < 4.78 is 7.29. The van der Waals surface area contributed by atoms with Crippen LogP contribution in [0, 0.1) is 0 Å². The molecule has 2 aromatic rings. The van der Waals surface area contributed by atoms with Gasteiger partial charge >= 0.3 is 0 Å². The second-order valence-electron chi connectivity index (χ2n) is 5.02. The Bertz CT molecular complexity index is 573. The van der Waals surface area contributed by atoms with Gasteiger partial charge in [-0.05, 0) is 12.1 Å². The third-order valence-electron chi connectivity index (χ3n) is 3.76. The van der Waals surface area contributed by atoms with Crippen molar-refractivity contribution < 1.29 is 4.74 Å². The van der Waals surface area contributed by atoms with E-state index in [1.165, 1.54) is 11.4 Å². The SMILES string of the molecule is COc1ccccc1N1CCN(c2cnn(C)c2)CC1. The first-order chi connectivity index (χ1) is 9.78. The van der Waals surface area contributed by atoms with Crippen molar-refractivity contribution in [2.75, 3.05) is 43.1 Å². The van der Waals surface area contributed by atoms with Crippen molar-refractivity contribution in [1.82, 2.24) is 9.78 Å². The van der Waals surface area contributed by atoms with Gasteiger partial charge in [0.1, 0.15) is 5.75 Å². The van der Waals surface area contributed by atoms with Crippen LogP contribution < -0.4 is 14.5 Å². The number of hydrogen-bond acceptors (Lipinski definition) is 4. The lowest BCUT2D eigenvalue weighted by atomic mass is 10.2. The van der Waals surface area contributed by atoms with E-state index in [4.69, 9.17) is 4.74 Å². The Morgan fingerprint density at radius 1 is 1.05 bits per heavy atom. The van der Waals surface area contributed by atoms with E-state index in [2.05, 4.69) is 33.2 Å². The van der Waals surface area contributed by atoms with Gasteiger partial charge in [0.2, 0.25) is 0 Å². The minimum absolute atomic E-state index is 0.947. The van der Waals surface area contributed by atoms with Crippen LogP contribution in [0.1, 0.15) is 0 Å². The molecule has 1 aliphatic heterocycles. The van der Waals surface area contributed by atoms with Gasteiger partial charge in [-0.15, -0.1) is 0 Å². The lowest BCUT2D eigenvalue weighted by Gasteiger charge is -2.37. The summed E-state index contributed by atoms with van der Waals surface area (Å²) in [5.41, 5.74) is 2.38. The van der Waals surface area contributed by atoms with E-state index in [1.54, 1.807) is 7.11 Å². The standard InChI is InChI=1S/C15H20N4O/c1-17-12-13(11-16-17)18-7-9-19(10-8-18)14-5-3-4-6-15(14)20-2/h3-6,11-12H,7-10H2,1-2H3. The fourth-order valence-electron chi connectivity index (χ4n) is 2.67. The molecule has 0 bridgehead atoms. The number of benzene rings is 1. The van der Waals surface area contributed by atoms with Crippen LogP contribution in [0.5, 0.6) is 5.75 Å². The predicted octanol–water partition coefficient (Wildman–Crippen LogP) is 1.76. The summed E-state index contributed by atoms with van der Waals surface area (Å²) in [4.78, 5) is 4.75. The highest BCUT2D eigenvalue weighted by Gasteiger charge is 2.20. The van der Waals surface area contributed by atoms with Gasteiger partial charge in [-0.3, -0.25) is 4.68 Å². The molecule has 106 valence electrons. The summed E-state index contributed by atoms with van der Waals surface area (Å²) in [6.45, 7) is 4.00. The largest absolute Gasteiger partial charge is 0.495 e. The van der Waals surface area contributed by atoms with Crippen LogP contribution in [0.2, 0.25) is 0 Å². The van der Waals surface area contributed by atoms with Crippen LogP contribution in [0.3, 0.4) is 0 Å². The van der Waals surface area contributed by atoms with Gasteiger partial charge in [0, 0.05) is 39.4 Å². The zero-order chi connectivity index (χ0) is 13.9. The van der Waals surface area contributed by atoms with E-state index in [9.17, 15) is 0 Å². The van der Waals surface area contributed by atoms with Gasteiger partial charge < -0.3 is 14.5 Å². The van der Waals surface area contributed by atoms with E-state index >= 15 is 0 Å². The molecule has 0 radical (unpaired) electrons. The lowest BCUT2D eigenvalue weighted by Crippen LogP contribution is -2.46. The number of methoxy groups -OCH3 is 1. The molecule has 1 aromatic heterocycles. The van der Waals surface area contributed by atoms with Crippen LogP contribution in [0.15, 0.2) is 36.7 Å². The molecule has 2 heterocycles. The minimum Gasteiger partial charge on any atom is -0.495 e. The van der Waals surface area contributed by atoms with Gasteiger partial charge in [-0.25, -0.2) is 0 Å². The quantitative estimate of drug-likeness (QED) is 0.852. The first-order valence-electron chi connectivity index (χ1n) is 6.89. The van der Waals surface area contributed by atoms with Crippen LogP contribution >= 0.6 is 0 Å². The molecule has 0 atom stereocenters. The van der Waals surface area contributed by atoms with Crippen molar-refractivity contribution in [2.24, 2.45) is 7.05 Å². The fraction of sp³-hybridized carbons (Fsp3) is 0.400. The van der Waals surface area contributed by atoms with Crippen molar-refractivity contribution in [2.45, 2.75) is 0 Å². The predicted molar refractivity (Wildman–Crippen MR) is 80.6 cm³/mol. The number of anilines is 2. The maximum atomic E-state index is 5.44. The maximum absolute atomic E-state index is 5.44. The summed E-state index contributed by atoms with van der Waals surface area (Å²) in [6, 6.07) is 8.21. The highest BCUT2D eigenvalue weighted by molar-refractivity contribution is 5.59. The molecule has 0 N–H and O–H groups in total. The third-order valence-corrected chi connectivity index (χ3v) is 3.76. The fourth-order valence-corrected chi connectivity index (χ4v) is 2.67. The molecular weight excluding hydrogens is 252 g/mol. The Morgan fingerprint density at radius 3 is 2.40 bits per heavy atom. The Kier molecular flexibility index (Phi) is 3.50. The van der Waals surface area contributed by atoms with Crippen LogP contribution in [-0.2, 0) is 7.05 Å². The van der Waals surface area contributed by atoms with Crippen LogP contribution in [0.25, 0.3) is 0 Å². The lowest BCUT2D eigenvalue weighted by molar-refractivity contribution is 0.413. The number of aromatic nitrogens is 2. The normalized spacial score (nSPS) is 15.5. The van der Waals surface area contributed by atoms with E-state index in [0.29, 0.717) is 0 Å². The summed E-state index contributed by atoms with van der Waals surface area (Å²) in [6.07, 6.45) is 4.00. The Morgan fingerprint density at radius 2 is 1.75 bits per heavy atom. The van der Waals surface area contributed by atoms with Crippen molar-refractivity contribution in [3.63, 3.8) is 0 Å². The molecule has 1 aromatic carbocycles. The molecule has 0 unspecified atom stereocenters. The van der Waals surface area contributed by atoms with Crippen LogP contribution in [0.4, 0.5) is 11.4 Å². The van der Waals surface area contributed by atoms with Crippen molar-refractivity contribution in [3.05, 3.63) is 36.7 Å². The second-order valence-corrected chi connectivity index (χ2v) is 5.02. The van der Waals surface area contributed by atoms with E-state index in [-0.39, 0.29) is 0 Å². The number of piperazine rings is 1. The molecule has 0 amide bonds. The van der Waals surface area contributed by atoms with Gasteiger partial charge in [0.05, 0.1) is 24.7 Å². The molecule has 5 heteroatoms. The average molecular weight is 272 g/mol. The maximum Gasteiger partial charge on any atom is 0.142 e. The molecular formula is C15H20N4O. The summed E-state index contributed by atoms with van der Waals surface area (Å²) in [7, 11) is 3.68. The first-order valence-corrected chi connectivity index (χ1v) is 6.89. The van der Waals surface area contributed by atoms with Crippen molar-refractivity contribution in [1.29, 1.82) is 0 Å². The Labute approximate surface area is 119 Å². The molecule has 0 saturated carbocycles. The number of para-hydroxylation sites is 2. The number of aryl methyl sites for hydroxylation is 1. The van der Waals surface area contributed by atoms with E-state index in [0.717, 1.165) is 31.9 Å². The van der Waals surface area contributed by atoms with Gasteiger partial charge in [0.25, 0.3) is 0 Å². The highest BCUT2D eigenvalue weighted by atomic mass is 16.5. The van der Waals surface area contributed by atoms with Crippen molar-refractivity contribution in [3.8, 4) is 5.75 Å². The van der Waals surface area contributed by atoms with Gasteiger partial charge in [-0.2, -0.15) is 5.10 Å². The Hall–Kier alpha value is -2.17. The molecule has 3 rings (SSSR count). The van der Waals surface area contributed by atoms with Gasteiger partial charge in [0.15, 0.2) is 0 Å². The minimum atomic E-state index is 0.947. The molecule has 1 fully saturated rings. The summed E-state index contributed by atoms with van der Waals surface area (Å²) in [5, 5.41) is 4.24. The monoisotopic (exact) mass is 272 g/mol. The third kappa shape index (κ3) is 2.43. The zero-order valence-electron chi connectivity index (χ0n) is 12.0. The highest BCUT2D eigenvalue weighted by Crippen LogP contribution is 2.29. The summed E-state index contributed by atoms with van der Waals surface area (Å²) in [5.74, 6) is 0.947. The molecule has 5 nitrogen and oxygen atoms in total. The van der Waals surface area contributed by atoms with Crippen molar-refractivity contribution >= 4 is 11.4 Å². The molecule has 0 spiro atoms. The number of rotatable bonds is 3. The van der Waals surface area contributed by atoms with Gasteiger partial charge in [-0.1, -0.05) is 12.1 Å². The van der Waals surface area contributed by atoms with E-state index in [1.807, 2.05) is 30.1 Å². The molecule has 20 heavy (non-hydrogen) atoms. The molecule has 1 saturated heterocycles. The number of ether oxygens (including phenoxy) is 1. The Balaban J connectivity index is 1.69. The number of nitrogens with zero attached hydrogens (tertiary/aromatic N) is 4. The zero-order valence-corrected chi connectivity index (χ0v) is 12.0. The van der Waals surface area contributed by atoms with Crippen LogP contribution in [-0.4, -0.2) is 43.1 Å². The number of hydrogen-bond donors (Lipinski definition) is 0. The topological polar surface area (TPSA) is 33.5 Å². The average Bonchev–Trinajstić information content (AvgIpc) is 2.94.